The van der Waals surface area contributed by atoms with Crippen molar-refractivity contribution in [2.45, 2.75) is 19.0 Å². The van der Waals surface area contributed by atoms with Crippen molar-refractivity contribution in [3.05, 3.63) is 78.5 Å². The Morgan fingerprint density at radius 3 is 2.72 bits per heavy atom. The molecule has 13 heteroatoms. The van der Waals surface area contributed by atoms with E-state index in [-0.39, 0.29) is 28.9 Å². The predicted molar refractivity (Wildman–Crippen MR) is 137 cm³/mol. The van der Waals surface area contributed by atoms with Crippen molar-refractivity contribution in [1.82, 2.24) is 25.0 Å². The molecule has 1 saturated heterocycles. The lowest BCUT2D eigenvalue weighted by atomic mass is 9.96. The summed E-state index contributed by atoms with van der Waals surface area (Å²) in [7, 11) is 0. The standard InChI is InChI=1S/C26H25F3N8O2/c27-26(28,29)23-21(39-22-5-1-2-10-31-22)7-6-19(24(23)36-12-3-4-17(14-30)16-36)34-25(38)20-9-13-37(35-20)18-8-11-32-33-15-18/h1-2,5-11,13,15,17H,3-4,12,14,16,30H2,(H,34,38)/t17-/m0/s1. The molecule has 1 aromatic carbocycles. The number of benzene rings is 1. The summed E-state index contributed by atoms with van der Waals surface area (Å²) in [5.74, 6) is -1.07. The molecule has 1 atom stereocenters. The van der Waals surface area contributed by atoms with Crippen LogP contribution < -0.4 is 20.7 Å². The normalized spacial score (nSPS) is 15.7. The fourth-order valence-corrected chi connectivity index (χ4v) is 4.54. The van der Waals surface area contributed by atoms with Gasteiger partial charge in [-0.15, -0.1) is 0 Å². The Morgan fingerprint density at radius 2 is 2.00 bits per heavy atom. The molecule has 39 heavy (non-hydrogen) atoms. The molecule has 0 radical (unpaired) electrons. The molecule has 3 N–H and O–H groups in total. The molecule has 0 unspecified atom stereocenters. The second-order valence-electron chi connectivity index (χ2n) is 8.99. The van der Waals surface area contributed by atoms with E-state index in [1.807, 2.05) is 0 Å². The summed E-state index contributed by atoms with van der Waals surface area (Å²) in [6.45, 7) is 1.00. The van der Waals surface area contributed by atoms with Crippen LogP contribution in [0.2, 0.25) is 0 Å². The number of alkyl halides is 3. The summed E-state index contributed by atoms with van der Waals surface area (Å²) in [5.41, 5.74) is 5.26. The second-order valence-corrected chi connectivity index (χ2v) is 8.99. The zero-order chi connectivity index (χ0) is 27.4. The fraction of sp³-hybridized carbons (Fsp3) is 0.269. The maximum atomic E-state index is 14.7. The number of amides is 1. The monoisotopic (exact) mass is 538 g/mol. The van der Waals surface area contributed by atoms with E-state index in [1.165, 1.54) is 47.5 Å². The lowest BCUT2D eigenvalue weighted by Crippen LogP contribution is -2.40. The van der Waals surface area contributed by atoms with Gasteiger partial charge in [0.05, 0.1) is 29.5 Å². The van der Waals surface area contributed by atoms with Crippen LogP contribution in [-0.4, -0.2) is 50.5 Å². The molecular weight excluding hydrogens is 513 g/mol. The number of piperidine rings is 1. The summed E-state index contributed by atoms with van der Waals surface area (Å²) in [6, 6.07) is 10.4. The Morgan fingerprint density at radius 1 is 1.13 bits per heavy atom. The minimum Gasteiger partial charge on any atom is -0.438 e. The van der Waals surface area contributed by atoms with Gasteiger partial charge in [-0.25, -0.2) is 9.67 Å². The van der Waals surface area contributed by atoms with Gasteiger partial charge in [-0.1, -0.05) is 6.07 Å². The summed E-state index contributed by atoms with van der Waals surface area (Å²) in [5, 5.41) is 14.4. The number of nitrogens with one attached hydrogen (secondary N) is 1. The first kappa shape index (κ1) is 26.1. The van der Waals surface area contributed by atoms with E-state index >= 15 is 0 Å². The van der Waals surface area contributed by atoms with Crippen molar-refractivity contribution in [2.24, 2.45) is 11.7 Å². The SMILES string of the molecule is NC[C@@H]1CCCN(c2c(NC(=O)c3ccn(-c4ccnnc4)n3)ccc(Oc3ccccn3)c2C(F)(F)F)C1. The van der Waals surface area contributed by atoms with Crippen LogP contribution in [0.4, 0.5) is 24.5 Å². The third kappa shape index (κ3) is 5.82. The van der Waals surface area contributed by atoms with Crippen LogP contribution >= 0.6 is 0 Å². The number of halogens is 3. The highest BCUT2D eigenvalue weighted by Crippen LogP contribution is 2.48. The van der Waals surface area contributed by atoms with Gasteiger partial charge in [-0.05, 0) is 55.6 Å². The van der Waals surface area contributed by atoms with Crippen molar-refractivity contribution >= 4 is 17.3 Å². The van der Waals surface area contributed by atoms with Gasteiger partial charge in [0.25, 0.3) is 5.91 Å². The number of nitrogens with zero attached hydrogens (tertiary/aromatic N) is 6. The van der Waals surface area contributed by atoms with Gasteiger partial charge in [0.1, 0.15) is 11.3 Å². The van der Waals surface area contributed by atoms with E-state index in [1.54, 1.807) is 29.3 Å². The summed E-state index contributed by atoms with van der Waals surface area (Å²) in [4.78, 5) is 18.8. The van der Waals surface area contributed by atoms with Gasteiger partial charge in [0, 0.05) is 31.5 Å². The topological polar surface area (TPSA) is 124 Å². The van der Waals surface area contributed by atoms with Crippen molar-refractivity contribution < 1.29 is 22.7 Å². The second kappa shape index (κ2) is 11.1. The number of rotatable bonds is 7. The van der Waals surface area contributed by atoms with Crippen LogP contribution in [0, 0.1) is 5.92 Å². The zero-order valence-electron chi connectivity index (χ0n) is 20.7. The Labute approximate surface area is 221 Å². The number of ether oxygens (including phenoxy) is 1. The Bertz CT molecular complexity index is 1430. The van der Waals surface area contributed by atoms with Gasteiger partial charge in [0.2, 0.25) is 5.88 Å². The van der Waals surface area contributed by atoms with Gasteiger partial charge in [0.15, 0.2) is 5.69 Å². The molecule has 0 spiro atoms. The first-order chi connectivity index (χ1) is 18.8. The maximum absolute atomic E-state index is 14.7. The van der Waals surface area contributed by atoms with Gasteiger partial charge < -0.3 is 20.7 Å². The van der Waals surface area contributed by atoms with Crippen molar-refractivity contribution in [1.29, 1.82) is 0 Å². The Kier molecular flexibility index (Phi) is 7.41. The van der Waals surface area contributed by atoms with Crippen LogP contribution in [0.15, 0.2) is 67.3 Å². The number of hydrogen-bond acceptors (Lipinski definition) is 8. The average molecular weight is 539 g/mol. The summed E-state index contributed by atoms with van der Waals surface area (Å²) in [6.07, 6.45) is 2.58. The largest absolute Gasteiger partial charge is 0.438 e. The maximum Gasteiger partial charge on any atom is 0.422 e. The van der Waals surface area contributed by atoms with Crippen molar-refractivity contribution in [3.63, 3.8) is 0 Å². The van der Waals surface area contributed by atoms with Crippen LogP contribution in [0.25, 0.3) is 5.69 Å². The third-order valence-corrected chi connectivity index (χ3v) is 6.35. The minimum absolute atomic E-state index is 0.00780. The molecule has 1 amide bonds. The molecule has 4 heterocycles. The van der Waals surface area contributed by atoms with Crippen LogP contribution in [0.5, 0.6) is 11.6 Å². The number of hydrogen-bond donors (Lipinski definition) is 2. The molecule has 3 aromatic heterocycles. The van der Waals surface area contributed by atoms with E-state index < -0.39 is 23.4 Å². The highest BCUT2D eigenvalue weighted by Gasteiger charge is 2.41. The van der Waals surface area contributed by atoms with Gasteiger partial charge >= 0.3 is 6.18 Å². The lowest BCUT2D eigenvalue weighted by molar-refractivity contribution is -0.138. The first-order valence-electron chi connectivity index (χ1n) is 12.3. The average Bonchev–Trinajstić information content (AvgIpc) is 3.45. The highest BCUT2D eigenvalue weighted by molar-refractivity contribution is 6.05. The van der Waals surface area contributed by atoms with Crippen LogP contribution in [0.3, 0.4) is 0 Å². The number of carbonyl (C=O) groups excluding carboxylic acids is 1. The summed E-state index contributed by atoms with van der Waals surface area (Å²) >= 11 is 0. The number of aromatic nitrogens is 5. The molecule has 0 bridgehead atoms. The van der Waals surface area contributed by atoms with Crippen molar-refractivity contribution in [2.75, 3.05) is 29.9 Å². The number of pyridine rings is 1. The van der Waals surface area contributed by atoms with E-state index in [9.17, 15) is 18.0 Å². The molecule has 1 aliphatic heterocycles. The van der Waals surface area contributed by atoms with Crippen molar-refractivity contribution in [3.8, 4) is 17.3 Å². The number of carbonyl (C=O) groups is 1. The molecule has 1 aliphatic rings. The Hall–Kier alpha value is -4.52. The van der Waals surface area contributed by atoms with E-state index in [0.29, 0.717) is 31.7 Å². The third-order valence-electron chi connectivity index (χ3n) is 6.35. The molecule has 0 saturated carbocycles. The van der Waals surface area contributed by atoms with E-state index in [4.69, 9.17) is 10.5 Å². The highest BCUT2D eigenvalue weighted by atomic mass is 19.4. The molecule has 4 aromatic rings. The molecule has 0 aliphatic carbocycles. The van der Waals surface area contributed by atoms with Gasteiger partial charge in [-0.3, -0.25) is 4.79 Å². The van der Waals surface area contributed by atoms with Gasteiger partial charge in [-0.2, -0.15) is 28.5 Å². The minimum atomic E-state index is -4.80. The lowest BCUT2D eigenvalue weighted by Gasteiger charge is -2.37. The van der Waals surface area contributed by atoms with Crippen LogP contribution in [-0.2, 0) is 6.18 Å². The number of nitrogens with two attached hydrogens (primary N) is 1. The fourth-order valence-electron chi connectivity index (χ4n) is 4.54. The predicted octanol–water partition coefficient (Wildman–Crippen LogP) is 4.30. The summed E-state index contributed by atoms with van der Waals surface area (Å²) < 4.78 is 51.1. The quantitative estimate of drug-likeness (QED) is 0.357. The van der Waals surface area contributed by atoms with E-state index in [0.717, 1.165) is 6.42 Å². The first-order valence-corrected chi connectivity index (χ1v) is 12.3. The molecule has 5 rings (SSSR count). The smallest absolute Gasteiger partial charge is 0.422 e. The number of anilines is 2. The molecule has 202 valence electrons. The van der Waals surface area contributed by atoms with E-state index in [2.05, 4.69) is 25.6 Å². The van der Waals surface area contributed by atoms with Crippen LogP contribution in [0.1, 0.15) is 28.9 Å². The molecular formula is C26H25F3N8O2. The Balaban J connectivity index is 1.55. The zero-order valence-corrected chi connectivity index (χ0v) is 20.7. The molecule has 1 fully saturated rings. The molecule has 10 nitrogen and oxygen atoms in total.